The van der Waals surface area contributed by atoms with E-state index in [1.54, 1.807) is 26.0 Å². The third-order valence-electron chi connectivity index (χ3n) is 5.44. The molecule has 0 heterocycles. The number of carboxylic acids is 2. The zero-order valence-corrected chi connectivity index (χ0v) is 19.5. The predicted molar refractivity (Wildman–Crippen MR) is 129 cm³/mol. The molecule has 0 spiro atoms. The van der Waals surface area contributed by atoms with E-state index in [0.29, 0.717) is 17.0 Å². The molecule has 174 valence electrons. The van der Waals surface area contributed by atoms with Gasteiger partial charge in [0.1, 0.15) is 5.82 Å². The van der Waals surface area contributed by atoms with Crippen molar-refractivity contribution in [1.82, 2.24) is 0 Å². The molecule has 0 bridgehead atoms. The van der Waals surface area contributed by atoms with Crippen molar-refractivity contribution in [2.24, 2.45) is 5.92 Å². The topological polar surface area (TPSA) is 74.6 Å². The molecule has 3 aromatic carbocycles. The standard InChI is InChI=1S/C15H13FO2.C13H18O2/c1-10(15(17)18)12-7-8-13(14(16)9-12)11-5-3-2-4-6-11;1-9(2)8-11-4-6-12(7-5-11)10(3)13(14)15/h2-10H,1H3,(H,17,18);4-7,9-10H,8H2,1-3H3,(H,14,15)/t;10-/m.0/s1. The van der Waals surface area contributed by atoms with E-state index < -0.39 is 29.6 Å². The smallest absolute Gasteiger partial charge is 0.310 e. The summed E-state index contributed by atoms with van der Waals surface area (Å²) in [6, 6.07) is 21.6. The molecule has 3 aromatic rings. The van der Waals surface area contributed by atoms with Gasteiger partial charge in [-0.1, -0.05) is 80.6 Å². The first-order valence-electron chi connectivity index (χ1n) is 11.0. The van der Waals surface area contributed by atoms with Crippen molar-refractivity contribution in [2.45, 2.75) is 46.0 Å². The van der Waals surface area contributed by atoms with Gasteiger partial charge in [-0.25, -0.2) is 4.39 Å². The fraction of sp³-hybridized carbons (Fsp3) is 0.286. The average Bonchev–Trinajstić information content (AvgIpc) is 2.79. The average molecular weight is 451 g/mol. The number of benzene rings is 3. The summed E-state index contributed by atoms with van der Waals surface area (Å²) < 4.78 is 14.0. The largest absolute Gasteiger partial charge is 0.481 e. The maximum Gasteiger partial charge on any atom is 0.310 e. The number of rotatable bonds is 7. The molecule has 0 aromatic heterocycles. The minimum absolute atomic E-state index is 0.396. The molecule has 0 saturated heterocycles. The minimum atomic E-state index is -0.957. The van der Waals surface area contributed by atoms with Crippen LogP contribution in [0.4, 0.5) is 4.39 Å². The second-order valence-electron chi connectivity index (χ2n) is 8.56. The monoisotopic (exact) mass is 450 g/mol. The van der Waals surface area contributed by atoms with E-state index in [2.05, 4.69) is 13.8 Å². The molecule has 4 nitrogen and oxygen atoms in total. The number of hydrogen-bond acceptors (Lipinski definition) is 2. The highest BCUT2D eigenvalue weighted by atomic mass is 19.1. The van der Waals surface area contributed by atoms with E-state index in [1.165, 1.54) is 11.6 Å². The molecule has 0 saturated carbocycles. The van der Waals surface area contributed by atoms with E-state index in [1.807, 2.05) is 54.6 Å². The molecule has 2 N–H and O–H groups in total. The molecule has 0 amide bonds. The highest BCUT2D eigenvalue weighted by Crippen LogP contribution is 2.26. The molecule has 0 aliphatic rings. The van der Waals surface area contributed by atoms with Crippen molar-refractivity contribution >= 4 is 11.9 Å². The lowest BCUT2D eigenvalue weighted by atomic mass is 9.97. The van der Waals surface area contributed by atoms with Crippen LogP contribution >= 0.6 is 0 Å². The molecule has 3 rings (SSSR count). The number of halogens is 1. The predicted octanol–water partition coefficient (Wildman–Crippen LogP) is 6.75. The van der Waals surface area contributed by atoms with Crippen LogP contribution in [0.2, 0.25) is 0 Å². The van der Waals surface area contributed by atoms with E-state index in [-0.39, 0.29) is 0 Å². The van der Waals surface area contributed by atoms with Crippen LogP contribution < -0.4 is 0 Å². The van der Waals surface area contributed by atoms with Gasteiger partial charge in [0.05, 0.1) is 11.8 Å². The maximum atomic E-state index is 14.0. The van der Waals surface area contributed by atoms with Crippen molar-refractivity contribution in [1.29, 1.82) is 0 Å². The molecular weight excluding hydrogens is 419 g/mol. The van der Waals surface area contributed by atoms with Crippen LogP contribution in [0, 0.1) is 11.7 Å². The summed E-state index contributed by atoms with van der Waals surface area (Å²) in [6.07, 6.45) is 1.04. The van der Waals surface area contributed by atoms with Gasteiger partial charge in [-0.15, -0.1) is 0 Å². The zero-order chi connectivity index (χ0) is 24.5. The number of hydrogen-bond donors (Lipinski definition) is 2. The van der Waals surface area contributed by atoms with E-state index >= 15 is 0 Å². The van der Waals surface area contributed by atoms with Gasteiger partial charge in [0.2, 0.25) is 0 Å². The summed E-state index contributed by atoms with van der Waals surface area (Å²) in [7, 11) is 0. The molecule has 2 atom stereocenters. The molecule has 5 heteroatoms. The van der Waals surface area contributed by atoms with Crippen molar-refractivity contribution in [2.75, 3.05) is 0 Å². The van der Waals surface area contributed by atoms with Crippen LogP contribution in [0.5, 0.6) is 0 Å². The van der Waals surface area contributed by atoms with Gasteiger partial charge in [0.15, 0.2) is 0 Å². The Labute approximate surface area is 194 Å². The van der Waals surface area contributed by atoms with Gasteiger partial charge in [0.25, 0.3) is 0 Å². The Morgan fingerprint density at radius 1 is 0.758 bits per heavy atom. The van der Waals surface area contributed by atoms with Crippen molar-refractivity contribution in [3.05, 3.63) is 95.3 Å². The van der Waals surface area contributed by atoms with Gasteiger partial charge in [-0.3, -0.25) is 9.59 Å². The molecule has 0 aliphatic carbocycles. The van der Waals surface area contributed by atoms with Gasteiger partial charge < -0.3 is 10.2 Å². The van der Waals surface area contributed by atoms with Gasteiger partial charge >= 0.3 is 11.9 Å². The van der Waals surface area contributed by atoms with Crippen LogP contribution in [-0.4, -0.2) is 22.2 Å². The lowest BCUT2D eigenvalue weighted by Gasteiger charge is -2.09. The molecule has 33 heavy (non-hydrogen) atoms. The summed E-state index contributed by atoms with van der Waals surface area (Å²) in [5, 5.41) is 17.7. The number of carboxylic acid groups (broad SMARTS) is 2. The Morgan fingerprint density at radius 3 is 1.76 bits per heavy atom. The normalized spacial score (nSPS) is 12.4. The first-order chi connectivity index (χ1) is 15.6. The van der Waals surface area contributed by atoms with Crippen LogP contribution in [0.25, 0.3) is 11.1 Å². The summed E-state index contributed by atoms with van der Waals surface area (Å²) in [5.74, 6) is -2.62. The molecule has 0 fully saturated rings. The summed E-state index contributed by atoms with van der Waals surface area (Å²) in [4.78, 5) is 21.6. The Morgan fingerprint density at radius 2 is 1.27 bits per heavy atom. The van der Waals surface area contributed by atoms with Crippen LogP contribution in [-0.2, 0) is 16.0 Å². The van der Waals surface area contributed by atoms with Gasteiger partial charge in [-0.05, 0) is 54.5 Å². The summed E-state index contributed by atoms with van der Waals surface area (Å²) >= 11 is 0. The van der Waals surface area contributed by atoms with Crippen molar-refractivity contribution in [3.8, 4) is 11.1 Å². The fourth-order valence-corrected chi connectivity index (χ4v) is 3.35. The van der Waals surface area contributed by atoms with E-state index in [4.69, 9.17) is 10.2 Å². The Balaban J connectivity index is 0.000000238. The molecule has 1 unspecified atom stereocenters. The van der Waals surface area contributed by atoms with Gasteiger partial charge in [-0.2, -0.15) is 0 Å². The lowest BCUT2D eigenvalue weighted by Crippen LogP contribution is -2.07. The molecular formula is C28H31FO4. The minimum Gasteiger partial charge on any atom is -0.481 e. The van der Waals surface area contributed by atoms with Crippen LogP contribution in [0.3, 0.4) is 0 Å². The quantitative estimate of drug-likeness (QED) is 0.417. The van der Waals surface area contributed by atoms with Crippen molar-refractivity contribution < 1.29 is 24.2 Å². The zero-order valence-electron chi connectivity index (χ0n) is 19.5. The van der Waals surface area contributed by atoms with Crippen LogP contribution in [0.1, 0.15) is 56.2 Å². The SMILES string of the molecule is CC(C(=O)O)c1ccc(-c2ccccc2)c(F)c1.CC(C)Cc1ccc([C@H](C)C(=O)O)cc1. The van der Waals surface area contributed by atoms with E-state index in [0.717, 1.165) is 17.5 Å². The first-order valence-corrected chi connectivity index (χ1v) is 11.0. The summed E-state index contributed by atoms with van der Waals surface area (Å²) in [6.45, 7) is 7.60. The molecule has 0 aliphatic heterocycles. The fourth-order valence-electron chi connectivity index (χ4n) is 3.35. The van der Waals surface area contributed by atoms with E-state index in [9.17, 15) is 14.0 Å². The summed E-state index contributed by atoms with van der Waals surface area (Å²) in [5.41, 5.74) is 3.88. The highest BCUT2D eigenvalue weighted by molar-refractivity contribution is 5.76. The first kappa shape index (κ1) is 25.8. The second kappa shape index (κ2) is 12.0. The number of carbonyl (C=O) groups is 2. The Bertz CT molecular complexity index is 1060. The van der Waals surface area contributed by atoms with Crippen molar-refractivity contribution in [3.63, 3.8) is 0 Å². The molecule has 0 radical (unpaired) electrons. The third kappa shape index (κ3) is 7.56. The Hall–Kier alpha value is -3.47. The maximum absolute atomic E-state index is 14.0. The third-order valence-corrected chi connectivity index (χ3v) is 5.44. The number of aliphatic carboxylic acids is 2. The Kier molecular flexibility index (Phi) is 9.34. The lowest BCUT2D eigenvalue weighted by molar-refractivity contribution is -0.139. The highest BCUT2D eigenvalue weighted by Gasteiger charge is 2.16. The van der Waals surface area contributed by atoms with Gasteiger partial charge in [0, 0.05) is 5.56 Å². The second-order valence-corrected chi connectivity index (χ2v) is 8.56. The van der Waals surface area contributed by atoms with Crippen LogP contribution in [0.15, 0.2) is 72.8 Å².